The van der Waals surface area contributed by atoms with Crippen molar-refractivity contribution in [3.8, 4) is 11.8 Å². The molecule has 0 amide bonds. The fourth-order valence-electron chi connectivity index (χ4n) is 0.261. The monoisotopic (exact) mass is 116 g/mol. The lowest BCUT2D eigenvalue weighted by Gasteiger charge is -1.72. The second kappa shape index (κ2) is 5.85. The minimum Gasteiger partial charge on any atom is -0.126 e. The molecule has 0 spiro atoms. The number of hydrogen-bond donors (Lipinski definition) is 0. The lowest BCUT2D eigenvalue weighted by molar-refractivity contribution is 1.24. The molecule has 0 aromatic rings. The minimum atomic E-state index is 0.660. The van der Waals surface area contributed by atoms with Gasteiger partial charge in [0.15, 0.2) is 0 Å². The first kappa shape index (κ1) is 6.85. The summed E-state index contributed by atoms with van der Waals surface area (Å²) >= 11 is 5.33. The minimum absolute atomic E-state index is 0.660. The Labute approximate surface area is 49.9 Å². The van der Waals surface area contributed by atoms with Gasteiger partial charge in [-0.2, -0.15) is 0 Å². The summed E-state index contributed by atoms with van der Waals surface area (Å²) in [5.74, 6) is 6.48. The normalized spacial score (nSPS) is 7.14. The molecule has 40 valence electrons. The van der Waals surface area contributed by atoms with Crippen molar-refractivity contribution < 1.29 is 0 Å². The summed E-state index contributed by atoms with van der Waals surface area (Å²) in [4.78, 5) is 0. The van der Waals surface area contributed by atoms with Gasteiger partial charge in [-0.3, -0.25) is 0 Å². The van der Waals surface area contributed by atoms with Crippen LogP contribution >= 0.6 is 11.6 Å². The van der Waals surface area contributed by atoms with Crippen LogP contribution in [0, 0.1) is 11.8 Å². The van der Waals surface area contributed by atoms with Crippen molar-refractivity contribution in [1.29, 1.82) is 0 Å². The van der Waals surface area contributed by atoms with Gasteiger partial charge in [0.2, 0.25) is 0 Å². The Bertz CT molecular complexity index is 75.9. The summed E-state index contributed by atoms with van der Waals surface area (Å²) in [6.07, 6.45) is 1.77. The summed E-state index contributed by atoms with van der Waals surface area (Å²) in [6.45, 7) is 2.03. The second-order valence-corrected chi connectivity index (χ2v) is 1.52. The topological polar surface area (TPSA) is 0 Å². The first-order chi connectivity index (χ1) is 3.41. The molecule has 0 aromatic heterocycles. The highest BCUT2D eigenvalue weighted by atomic mass is 35.5. The Hall–Kier alpha value is -0.150. The van der Waals surface area contributed by atoms with E-state index in [1.165, 1.54) is 0 Å². The molecule has 0 saturated carbocycles. The van der Waals surface area contributed by atoms with E-state index in [9.17, 15) is 0 Å². The Morgan fingerprint density at radius 3 is 2.57 bits per heavy atom. The third-order valence-corrected chi connectivity index (χ3v) is 0.710. The predicted octanol–water partition coefficient (Wildman–Crippen LogP) is 2.03. The van der Waals surface area contributed by atoms with E-state index >= 15 is 0 Å². The molecule has 0 N–H and O–H groups in total. The molecule has 0 radical (unpaired) electrons. The standard InChI is InChI=1S/C6H9Cl/c1-2-3-4-5-6-7/h2,5-6H2,1H3. The van der Waals surface area contributed by atoms with Crippen LogP contribution in [0.25, 0.3) is 0 Å². The van der Waals surface area contributed by atoms with E-state index in [0.29, 0.717) is 5.88 Å². The maximum Gasteiger partial charge on any atom is 0.0333 e. The van der Waals surface area contributed by atoms with E-state index in [1.807, 2.05) is 6.92 Å². The molecule has 7 heavy (non-hydrogen) atoms. The van der Waals surface area contributed by atoms with Crippen LogP contribution in [0.15, 0.2) is 0 Å². The molecular formula is C6H9Cl. The van der Waals surface area contributed by atoms with Gasteiger partial charge >= 0.3 is 0 Å². The molecule has 1 heteroatoms. The van der Waals surface area contributed by atoms with Crippen LogP contribution in [-0.2, 0) is 0 Å². The number of hydrogen-bond acceptors (Lipinski definition) is 0. The molecule has 0 saturated heterocycles. The largest absolute Gasteiger partial charge is 0.126 e. The smallest absolute Gasteiger partial charge is 0.0333 e. The van der Waals surface area contributed by atoms with Gasteiger partial charge in [0.05, 0.1) is 0 Å². The van der Waals surface area contributed by atoms with Gasteiger partial charge in [-0.25, -0.2) is 0 Å². The Balaban J connectivity index is 2.91. The Kier molecular flexibility index (Phi) is 5.72. The third kappa shape index (κ3) is 5.85. The molecule has 0 aromatic carbocycles. The van der Waals surface area contributed by atoms with Crippen molar-refractivity contribution in [1.82, 2.24) is 0 Å². The van der Waals surface area contributed by atoms with Crippen LogP contribution in [0.1, 0.15) is 19.8 Å². The number of alkyl halides is 1. The Morgan fingerprint density at radius 1 is 1.43 bits per heavy atom. The molecule has 0 rings (SSSR count). The quantitative estimate of drug-likeness (QED) is 0.363. The lowest BCUT2D eigenvalue weighted by atomic mass is 10.4. The van der Waals surface area contributed by atoms with E-state index in [-0.39, 0.29) is 0 Å². The third-order valence-electron chi connectivity index (χ3n) is 0.521. The van der Waals surface area contributed by atoms with E-state index in [1.54, 1.807) is 0 Å². The van der Waals surface area contributed by atoms with Gasteiger partial charge in [0, 0.05) is 18.7 Å². The van der Waals surface area contributed by atoms with Crippen LogP contribution < -0.4 is 0 Å². The SMILES string of the molecule is CCC#CCCCl. The highest BCUT2D eigenvalue weighted by Crippen LogP contribution is 1.79. The maximum absolute atomic E-state index is 5.33. The fraction of sp³-hybridized carbons (Fsp3) is 0.667. The van der Waals surface area contributed by atoms with Crippen molar-refractivity contribution in [3.05, 3.63) is 0 Å². The molecule has 0 aliphatic rings. The number of halogens is 1. The maximum atomic E-state index is 5.33. The zero-order valence-electron chi connectivity index (χ0n) is 4.50. The van der Waals surface area contributed by atoms with Gasteiger partial charge in [-0.1, -0.05) is 6.92 Å². The average Bonchev–Trinajstić information content (AvgIpc) is 1.69. The van der Waals surface area contributed by atoms with Crippen LogP contribution in [0.3, 0.4) is 0 Å². The first-order valence-corrected chi connectivity index (χ1v) is 2.97. The van der Waals surface area contributed by atoms with E-state index in [0.717, 1.165) is 12.8 Å². The molecule has 0 unspecified atom stereocenters. The zero-order chi connectivity index (χ0) is 5.54. The molecule has 0 bridgehead atoms. The van der Waals surface area contributed by atoms with Crippen molar-refractivity contribution in [3.63, 3.8) is 0 Å². The summed E-state index contributed by atoms with van der Waals surface area (Å²) < 4.78 is 0. The van der Waals surface area contributed by atoms with Crippen molar-refractivity contribution >= 4 is 11.6 Å². The summed E-state index contributed by atoms with van der Waals surface area (Å²) in [7, 11) is 0. The van der Waals surface area contributed by atoms with Gasteiger partial charge in [-0.05, 0) is 0 Å². The average molecular weight is 117 g/mol. The van der Waals surface area contributed by atoms with Crippen LogP contribution in [0.5, 0.6) is 0 Å². The predicted molar refractivity (Wildman–Crippen MR) is 33.4 cm³/mol. The summed E-state index contributed by atoms with van der Waals surface area (Å²) in [5, 5.41) is 0. The molecule has 0 aliphatic carbocycles. The van der Waals surface area contributed by atoms with Crippen LogP contribution in [0.2, 0.25) is 0 Å². The van der Waals surface area contributed by atoms with Gasteiger partial charge < -0.3 is 0 Å². The van der Waals surface area contributed by atoms with Gasteiger partial charge in [-0.15, -0.1) is 23.4 Å². The molecule has 0 nitrogen and oxygen atoms in total. The van der Waals surface area contributed by atoms with Gasteiger partial charge in [0.25, 0.3) is 0 Å². The highest BCUT2D eigenvalue weighted by molar-refractivity contribution is 6.17. The Morgan fingerprint density at radius 2 is 2.14 bits per heavy atom. The molecule has 0 fully saturated rings. The molecule has 0 heterocycles. The van der Waals surface area contributed by atoms with Crippen molar-refractivity contribution in [2.45, 2.75) is 19.8 Å². The van der Waals surface area contributed by atoms with E-state index < -0.39 is 0 Å². The van der Waals surface area contributed by atoms with Crippen LogP contribution in [0.4, 0.5) is 0 Å². The zero-order valence-corrected chi connectivity index (χ0v) is 5.26. The summed E-state index contributed by atoms with van der Waals surface area (Å²) in [6, 6.07) is 0. The lowest BCUT2D eigenvalue weighted by Crippen LogP contribution is -1.64. The van der Waals surface area contributed by atoms with E-state index in [2.05, 4.69) is 11.8 Å². The highest BCUT2D eigenvalue weighted by Gasteiger charge is 1.67. The van der Waals surface area contributed by atoms with E-state index in [4.69, 9.17) is 11.6 Å². The molecule has 0 aliphatic heterocycles. The molecular weight excluding hydrogens is 108 g/mol. The van der Waals surface area contributed by atoms with Crippen molar-refractivity contribution in [2.75, 3.05) is 5.88 Å². The number of rotatable bonds is 1. The van der Waals surface area contributed by atoms with Crippen molar-refractivity contribution in [2.24, 2.45) is 0 Å². The van der Waals surface area contributed by atoms with Crippen LogP contribution in [-0.4, -0.2) is 5.88 Å². The second-order valence-electron chi connectivity index (χ2n) is 1.15. The fourth-order valence-corrected chi connectivity index (χ4v) is 0.355. The van der Waals surface area contributed by atoms with Gasteiger partial charge in [0.1, 0.15) is 0 Å². The first-order valence-electron chi connectivity index (χ1n) is 2.43. The summed E-state index contributed by atoms with van der Waals surface area (Å²) in [5.41, 5.74) is 0. The molecule has 0 atom stereocenters.